The minimum absolute atomic E-state index is 0.0386. The molecule has 4 nitrogen and oxygen atoms in total. The highest BCUT2D eigenvalue weighted by atomic mass is 32.2. The number of rotatable bonds is 6. The Morgan fingerprint density at radius 3 is 2.95 bits per heavy atom. The van der Waals surface area contributed by atoms with Crippen molar-refractivity contribution < 1.29 is 9.90 Å². The number of aliphatic hydroxyl groups excluding tert-OH is 1. The van der Waals surface area contributed by atoms with Gasteiger partial charge in [0, 0.05) is 30.0 Å². The summed E-state index contributed by atoms with van der Waals surface area (Å²) in [5.41, 5.74) is 0.437. The number of nitrogens with one attached hydrogen (secondary N) is 1. The van der Waals surface area contributed by atoms with Crippen molar-refractivity contribution in [3.05, 3.63) is 42.2 Å². The number of carbonyl (C=O) groups excluding carboxylic acids is 1. The van der Waals surface area contributed by atoms with Crippen LogP contribution < -0.4 is 5.32 Å². The van der Waals surface area contributed by atoms with Crippen LogP contribution in [0.25, 0.3) is 10.8 Å². The molecule has 20 heavy (non-hydrogen) atoms. The molecule has 1 amide bonds. The summed E-state index contributed by atoms with van der Waals surface area (Å²) < 4.78 is 0. The lowest BCUT2D eigenvalue weighted by Crippen LogP contribution is -2.37. The lowest BCUT2D eigenvalue weighted by Gasteiger charge is -2.16. The zero-order chi connectivity index (χ0) is 14.4. The Morgan fingerprint density at radius 2 is 2.20 bits per heavy atom. The number of hydrogen-bond acceptors (Lipinski definition) is 4. The molecule has 5 heteroatoms. The SMILES string of the molecule is CSCC(CCO)NC(=O)c1nccc2ccccc12. The quantitative estimate of drug-likeness (QED) is 0.855. The third-order valence-electron chi connectivity index (χ3n) is 3.07. The number of aliphatic hydroxyl groups is 1. The first-order valence-electron chi connectivity index (χ1n) is 6.50. The van der Waals surface area contributed by atoms with Gasteiger partial charge in [0.15, 0.2) is 0 Å². The number of fused-ring (bicyclic) bond motifs is 1. The maximum Gasteiger partial charge on any atom is 0.270 e. The van der Waals surface area contributed by atoms with Crippen LogP contribution in [-0.4, -0.2) is 40.7 Å². The number of aromatic nitrogens is 1. The van der Waals surface area contributed by atoms with Crippen LogP contribution in [0.1, 0.15) is 16.9 Å². The van der Waals surface area contributed by atoms with E-state index >= 15 is 0 Å². The fraction of sp³-hybridized carbons (Fsp3) is 0.333. The molecule has 0 aliphatic rings. The second-order valence-electron chi connectivity index (χ2n) is 4.52. The summed E-state index contributed by atoms with van der Waals surface area (Å²) in [4.78, 5) is 16.6. The molecule has 1 atom stereocenters. The van der Waals surface area contributed by atoms with Crippen LogP contribution in [0.5, 0.6) is 0 Å². The third-order valence-corrected chi connectivity index (χ3v) is 3.81. The first-order valence-corrected chi connectivity index (χ1v) is 7.90. The molecule has 0 saturated carbocycles. The minimum atomic E-state index is -0.186. The van der Waals surface area contributed by atoms with Crippen molar-refractivity contribution >= 4 is 28.4 Å². The molecule has 2 aromatic rings. The number of pyridine rings is 1. The van der Waals surface area contributed by atoms with Crippen molar-refractivity contribution in [3.8, 4) is 0 Å². The van der Waals surface area contributed by atoms with Gasteiger partial charge in [-0.25, -0.2) is 0 Å². The predicted molar refractivity (Wildman–Crippen MR) is 83.1 cm³/mol. The normalized spacial score (nSPS) is 12.3. The standard InChI is InChI=1S/C15H18N2O2S/c1-20-10-12(7-9-18)17-15(19)14-13-5-3-2-4-11(13)6-8-16-14/h2-6,8,12,18H,7,9-10H2,1H3,(H,17,19). The molecule has 0 aliphatic carbocycles. The summed E-state index contributed by atoms with van der Waals surface area (Å²) in [5, 5.41) is 13.8. The molecule has 1 aromatic carbocycles. The van der Waals surface area contributed by atoms with E-state index in [1.54, 1.807) is 18.0 Å². The monoisotopic (exact) mass is 290 g/mol. The number of nitrogens with zero attached hydrogens (tertiary/aromatic N) is 1. The van der Waals surface area contributed by atoms with E-state index in [4.69, 9.17) is 5.11 Å². The summed E-state index contributed by atoms with van der Waals surface area (Å²) in [6, 6.07) is 9.54. The number of amides is 1. The van der Waals surface area contributed by atoms with Crippen molar-refractivity contribution in [1.82, 2.24) is 10.3 Å². The molecule has 0 aliphatic heterocycles. The zero-order valence-corrected chi connectivity index (χ0v) is 12.2. The topological polar surface area (TPSA) is 62.2 Å². The summed E-state index contributed by atoms with van der Waals surface area (Å²) >= 11 is 1.64. The van der Waals surface area contributed by atoms with Gasteiger partial charge in [0.25, 0.3) is 5.91 Å². The van der Waals surface area contributed by atoms with Crippen LogP contribution in [0.15, 0.2) is 36.5 Å². The van der Waals surface area contributed by atoms with E-state index in [0.29, 0.717) is 12.1 Å². The number of benzene rings is 1. The molecular formula is C15H18N2O2S. The fourth-order valence-corrected chi connectivity index (χ4v) is 2.76. The van der Waals surface area contributed by atoms with Crippen LogP contribution in [-0.2, 0) is 0 Å². The zero-order valence-electron chi connectivity index (χ0n) is 11.4. The predicted octanol–water partition coefficient (Wildman–Crippen LogP) is 2.08. The third kappa shape index (κ3) is 3.49. The molecule has 2 rings (SSSR count). The molecule has 0 radical (unpaired) electrons. The average molecular weight is 290 g/mol. The van der Waals surface area contributed by atoms with Crippen molar-refractivity contribution in [2.75, 3.05) is 18.6 Å². The lowest BCUT2D eigenvalue weighted by atomic mass is 10.1. The molecular weight excluding hydrogens is 272 g/mol. The Morgan fingerprint density at radius 1 is 1.40 bits per heavy atom. The Labute approximate surface area is 122 Å². The van der Waals surface area contributed by atoms with Crippen LogP contribution in [0.3, 0.4) is 0 Å². The Balaban J connectivity index is 2.22. The van der Waals surface area contributed by atoms with Crippen molar-refractivity contribution in [1.29, 1.82) is 0 Å². The molecule has 0 bridgehead atoms. The molecule has 1 heterocycles. The van der Waals surface area contributed by atoms with Gasteiger partial charge in [-0.3, -0.25) is 9.78 Å². The van der Waals surface area contributed by atoms with Gasteiger partial charge in [0.1, 0.15) is 5.69 Å². The first-order chi connectivity index (χ1) is 9.76. The van der Waals surface area contributed by atoms with E-state index in [1.165, 1.54) is 0 Å². The van der Waals surface area contributed by atoms with Gasteiger partial charge in [-0.05, 0) is 24.1 Å². The highest BCUT2D eigenvalue weighted by molar-refractivity contribution is 7.98. The summed E-state index contributed by atoms with van der Waals surface area (Å²) in [7, 11) is 0. The first kappa shape index (κ1) is 14.8. The molecule has 106 valence electrons. The molecule has 1 aromatic heterocycles. The van der Waals surface area contributed by atoms with Crippen molar-refractivity contribution in [2.24, 2.45) is 0 Å². The molecule has 0 fully saturated rings. The fourth-order valence-electron chi connectivity index (χ4n) is 2.11. The van der Waals surface area contributed by atoms with Crippen molar-refractivity contribution in [2.45, 2.75) is 12.5 Å². The minimum Gasteiger partial charge on any atom is -0.396 e. The molecule has 0 saturated heterocycles. The average Bonchev–Trinajstić information content (AvgIpc) is 2.47. The Hall–Kier alpha value is -1.59. The van der Waals surface area contributed by atoms with E-state index in [-0.39, 0.29) is 18.6 Å². The van der Waals surface area contributed by atoms with Crippen molar-refractivity contribution in [3.63, 3.8) is 0 Å². The maximum atomic E-state index is 12.4. The second-order valence-corrected chi connectivity index (χ2v) is 5.43. The van der Waals surface area contributed by atoms with Gasteiger partial charge in [-0.15, -0.1) is 0 Å². The van der Waals surface area contributed by atoms with Crippen LogP contribution >= 0.6 is 11.8 Å². The van der Waals surface area contributed by atoms with Gasteiger partial charge in [-0.1, -0.05) is 24.3 Å². The smallest absolute Gasteiger partial charge is 0.270 e. The number of thioether (sulfide) groups is 1. The van der Waals surface area contributed by atoms with Gasteiger partial charge in [0.05, 0.1) is 0 Å². The van der Waals surface area contributed by atoms with E-state index in [0.717, 1.165) is 16.5 Å². The lowest BCUT2D eigenvalue weighted by molar-refractivity contribution is 0.0932. The second kappa shape index (κ2) is 7.26. The van der Waals surface area contributed by atoms with E-state index in [9.17, 15) is 4.79 Å². The Kier molecular flexibility index (Phi) is 5.38. The summed E-state index contributed by atoms with van der Waals surface area (Å²) in [6.07, 6.45) is 4.18. The Bertz CT molecular complexity index is 578. The van der Waals surface area contributed by atoms with Crippen LogP contribution in [0.2, 0.25) is 0 Å². The molecule has 2 N–H and O–H groups in total. The highest BCUT2D eigenvalue weighted by Gasteiger charge is 2.16. The highest BCUT2D eigenvalue weighted by Crippen LogP contribution is 2.16. The van der Waals surface area contributed by atoms with Gasteiger partial charge < -0.3 is 10.4 Å². The van der Waals surface area contributed by atoms with E-state index in [1.807, 2.05) is 36.6 Å². The number of hydrogen-bond donors (Lipinski definition) is 2. The van der Waals surface area contributed by atoms with Crippen LogP contribution in [0.4, 0.5) is 0 Å². The van der Waals surface area contributed by atoms with Gasteiger partial charge in [0.2, 0.25) is 0 Å². The summed E-state index contributed by atoms with van der Waals surface area (Å²) in [5.74, 6) is 0.589. The molecule has 1 unspecified atom stereocenters. The maximum absolute atomic E-state index is 12.4. The largest absolute Gasteiger partial charge is 0.396 e. The number of carbonyl (C=O) groups is 1. The van der Waals surface area contributed by atoms with Crippen LogP contribution in [0, 0.1) is 0 Å². The van der Waals surface area contributed by atoms with E-state index < -0.39 is 0 Å². The molecule has 0 spiro atoms. The van der Waals surface area contributed by atoms with Gasteiger partial charge >= 0.3 is 0 Å². The summed E-state index contributed by atoms with van der Waals surface area (Å²) in [6.45, 7) is 0.0640. The van der Waals surface area contributed by atoms with Gasteiger partial charge in [-0.2, -0.15) is 11.8 Å². The van der Waals surface area contributed by atoms with E-state index in [2.05, 4.69) is 10.3 Å².